The van der Waals surface area contributed by atoms with Crippen LogP contribution in [0.5, 0.6) is 0 Å². The second-order valence-electron chi connectivity index (χ2n) is 7.71. The highest BCUT2D eigenvalue weighted by molar-refractivity contribution is 7.89. The number of carbonyl (C=O) groups is 1. The highest BCUT2D eigenvalue weighted by atomic mass is 35.5. The van der Waals surface area contributed by atoms with Gasteiger partial charge in [0.1, 0.15) is 10.6 Å². The number of aromatic nitrogens is 1. The normalized spacial score (nSPS) is 11.6. The van der Waals surface area contributed by atoms with Gasteiger partial charge in [-0.2, -0.15) is 0 Å². The van der Waals surface area contributed by atoms with Crippen LogP contribution in [0.25, 0.3) is 10.9 Å². The van der Waals surface area contributed by atoms with Crippen molar-refractivity contribution in [2.24, 2.45) is 5.14 Å². The number of benzene rings is 3. The predicted molar refractivity (Wildman–Crippen MR) is 133 cm³/mol. The molecule has 0 bridgehead atoms. The molecule has 1 aromatic heterocycles. The monoisotopic (exact) mass is 481 g/mol. The number of aromatic amines is 1. The summed E-state index contributed by atoms with van der Waals surface area (Å²) in [6.07, 6.45) is 1.31. The van der Waals surface area contributed by atoms with E-state index in [1.165, 1.54) is 6.07 Å². The van der Waals surface area contributed by atoms with Crippen molar-refractivity contribution in [2.45, 2.75) is 31.6 Å². The second-order valence-corrected chi connectivity index (χ2v) is 9.68. The summed E-state index contributed by atoms with van der Waals surface area (Å²) in [6.45, 7) is 3.96. The molecule has 6 nitrogen and oxygen atoms in total. The fraction of sp³-hybridized carbons (Fsp3) is 0.160. The number of nitrogens with one attached hydrogen (secondary N) is 2. The van der Waals surface area contributed by atoms with E-state index >= 15 is 0 Å². The number of carbonyl (C=O) groups excluding carboxylic acids is 1. The zero-order chi connectivity index (χ0) is 23.8. The largest absolute Gasteiger partial charge is 0.352 e. The van der Waals surface area contributed by atoms with Crippen LogP contribution in [0.4, 0.5) is 11.4 Å². The molecule has 0 saturated heterocycles. The lowest BCUT2D eigenvalue weighted by atomic mass is 10.00. The maximum absolute atomic E-state index is 13.4. The average molecular weight is 482 g/mol. The molecule has 0 aliphatic carbocycles. The first kappa shape index (κ1) is 23.0. The van der Waals surface area contributed by atoms with E-state index in [9.17, 15) is 13.2 Å². The highest BCUT2D eigenvalue weighted by Gasteiger charge is 2.24. The molecule has 4 rings (SSSR count). The lowest BCUT2D eigenvalue weighted by Crippen LogP contribution is -2.16. The molecule has 170 valence electrons. The number of fused-ring (bicyclic) bond motifs is 1. The van der Waals surface area contributed by atoms with E-state index in [0.717, 1.165) is 17.5 Å². The van der Waals surface area contributed by atoms with E-state index in [0.29, 0.717) is 45.0 Å². The number of nitrogens with two attached hydrogens (primary N) is 1. The third-order valence-electron chi connectivity index (χ3n) is 5.69. The Hall–Kier alpha value is -3.13. The van der Waals surface area contributed by atoms with Crippen molar-refractivity contribution >= 4 is 49.7 Å². The summed E-state index contributed by atoms with van der Waals surface area (Å²) >= 11 is 6.19. The Bertz CT molecular complexity index is 1460. The van der Waals surface area contributed by atoms with Crippen LogP contribution in [0, 0.1) is 0 Å². The molecule has 0 amide bonds. The van der Waals surface area contributed by atoms with Gasteiger partial charge in [-0.1, -0.05) is 61.8 Å². The summed E-state index contributed by atoms with van der Waals surface area (Å²) in [6, 6.07) is 17.4. The molecule has 0 aliphatic heterocycles. The zero-order valence-corrected chi connectivity index (χ0v) is 19.8. The molecule has 0 fully saturated rings. The Kier molecular flexibility index (Phi) is 6.30. The van der Waals surface area contributed by atoms with Crippen LogP contribution in [0.15, 0.2) is 65.6 Å². The van der Waals surface area contributed by atoms with E-state index < -0.39 is 10.0 Å². The number of primary sulfonamides is 1. The predicted octanol–water partition coefficient (Wildman–Crippen LogP) is 5.57. The molecule has 0 aliphatic rings. The summed E-state index contributed by atoms with van der Waals surface area (Å²) in [5.41, 5.74) is 4.18. The third-order valence-corrected chi connectivity index (χ3v) is 6.87. The number of aryl methyl sites for hydroxylation is 1. The Morgan fingerprint density at radius 2 is 1.73 bits per heavy atom. The number of halogens is 1. The van der Waals surface area contributed by atoms with Crippen molar-refractivity contribution in [2.75, 3.05) is 5.32 Å². The minimum atomic E-state index is -4.02. The number of rotatable bonds is 7. The maximum Gasteiger partial charge on any atom is 0.240 e. The molecule has 0 unspecified atom stereocenters. The Balaban J connectivity index is 1.99. The second kappa shape index (κ2) is 9.02. The molecule has 1 heterocycles. The van der Waals surface area contributed by atoms with Crippen molar-refractivity contribution in [3.8, 4) is 0 Å². The van der Waals surface area contributed by atoms with E-state index in [2.05, 4.69) is 10.3 Å². The fourth-order valence-electron chi connectivity index (χ4n) is 4.11. The lowest BCUT2D eigenvalue weighted by molar-refractivity contribution is 0.103. The standard InChI is InChI=1S/C25H24ClN3O3S/c1-3-15-10-13-21(33(27,31)32)22(18(15)4-2)29-23-19-12-11-17(26)14-20(19)28-24(23)25(30)16-8-6-5-7-9-16/h5-14,28-29H,3-4H2,1-2H3,(H2,27,31,32). The van der Waals surface area contributed by atoms with Crippen molar-refractivity contribution in [3.63, 3.8) is 0 Å². The van der Waals surface area contributed by atoms with Crippen LogP contribution < -0.4 is 10.5 Å². The Labute approximate surface area is 197 Å². The van der Waals surface area contributed by atoms with Gasteiger partial charge < -0.3 is 10.3 Å². The van der Waals surface area contributed by atoms with Gasteiger partial charge in [0.2, 0.25) is 15.8 Å². The summed E-state index contributed by atoms with van der Waals surface area (Å²) in [4.78, 5) is 16.6. The molecule has 0 atom stereocenters. The van der Waals surface area contributed by atoms with E-state index in [1.54, 1.807) is 48.5 Å². The van der Waals surface area contributed by atoms with Crippen molar-refractivity contribution in [3.05, 3.63) is 88.1 Å². The minimum Gasteiger partial charge on any atom is -0.352 e. The van der Waals surface area contributed by atoms with Crippen LogP contribution >= 0.6 is 11.6 Å². The lowest BCUT2D eigenvalue weighted by Gasteiger charge is -2.19. The van der Waals surface area contributed by atoms with Gasteiger partial charge in [0, 0.05) is 21.5 Å². The van der Waals surface area contributed by atoms with Crippen LogP contribution in [-0.2, 0) is 22.9 Å². The number of anilines is 2. The molecule has 4 aromatic rings. The van der Waals surface area contributed by atoms with Gasteiger partial charge in [0.15, 0.2) is 0 Å². The first-order valence-corrected chi connectivity index (χ1v) is 12.5. The first-order chi connectivity index (χ1) is 15.7. The topological polar surface area (TPSA) is 105 Å². The summed E-state index contributed by atoms with van der Waals surface area (Å²) in [7, 11) is -4.02. The maximum atomic E-state index is 13.4. The minimum absolute atomic E-state index is 0.0158. The quantitative estimate of drug-likeness (QED) is 0.300. The van der Waals surface area contributed by atoms with Gasteiger partial charge in [-0.3, -0.25) is 4.79 Å². The van der Waals surface area contributed by atoms with Gasteiger partial charge >= 0.3 is 0 Å². The molecule has 33 heavy (non-hydrogen) atoms. The first-order valence-electron chi connectivity index (χ1n) is 10.6. The average Bonchev–Trinajstić information content (AvgIpc) is 3.15. The highest BCUT2D eigenvalue weighted by Crippen LogP contribution is 2.37. The van der Waals surface area contributed by atoms with Crippen LogP contribution in [0.3, 0.4) is 0 Å². The number of sulfonamides is 1. The fourth-order valence-corrected chi connectivity index (χ4v) is 5.00. The van der Waals surface area contributed by atoms with E-state index in [1.807, 2.05) is 19.9 Å². The van der Waals surface area contributed by atoms with Gasteiger partial charge in [0.25, 0.3) is 0 Å². The van der Waals surface area contributed by atoms with Crippen molar-refractivity contribution in [1.82, 2.24) is 4.98 Å². The number of H-pyrrole nitrogens is 1. The SMILES string of the molecule is CCc1ccc(S(N)(=O)=O)c(Nc2c(C(=O)c3ccccc3)[nH]c3cc(Cl)ccc23)c1CC. The third kappa shape index (κ3) is 4.39. The molecule has 8 heteroatoms. The van der Waals surface area contributed by atoms with Crippen molar-refractivity contribution < 1.29 is 13.2 Å². The van der Waals surface area contributed by atoms with Crippen molar-refractivity contribution in [1.29, 1.82) is 0 Å². The molecular formula is C25H24ClN3O3S. The number of ketones is 1. The molecule has 0 spiro atoms. The smallest absolute Gasteiger partial charge is 0.240 e. The van der Waals surface area contributed by atoms with Crippen LogP contribution in [0.2, 0.25) is 5.02 Å². The molecule has 0 radical (unpaired) electrons. The number of hydrogen-bond donors (Lipinski definition) is 3. The molecule has 3 aromatic carbocycles. The zero-order valence-electron chi connectivity index (χ0n) is 18.3. The van der Waals surface area contributed by atoms with E-state index in [-0.39, 0.29) is 10.7 Å². The molecular weight excluding hydrogens is 458 g/mol. The van der Waals surface area contributed by atoms with Crippen LogP contribution in [-0.4, -0.2) is 19.2 Å². The van der Waals surface area contributed by atoms with Gasteiger partial charge in [-0.15, -0.1) is 0 Å². The Morgan fingerprint density at radius 3 is 2.36 bits per heavy atom. The van der Waals surface area contributed by atoms with Gasteiger partial charge in [0.05, 0.1) is 11.4 Å². The molecule has 4 N–H and O–H groups in total. The van der Waals surface area contributed by atoms with Gasteiger partial charge in [-0.25, -0.2) is 13.6 Å². The van der Waals surface area contributed by atoms with Crippen LogP contribution in [0.1, 0.15) is 41.0 Å². The number of hydrogen-bond acceptors (Lipinski definition) is 4. The van der Waals surface area contributed by atoms with E-state index in [4.69, 9.17) is 16.7 Å². The summed E-state index contributed by atoms with van der Waals surface area (Å²) in [5, 5.41) is 10.1. The Morgan fingerprint density at radius 1 is 1.00 bits per heavy atom. The molecule has 0 saturated carbocycles. The van der Waals surface area contributed by atoms with Gasteiger partial charge in [-0.05, 0) is 48.2 Å². The summed E-state index contributed by atoms with van der Waals surface area (Å²) < 4.78 is 24.9. The summed E-state index contributed by atoms with van der Waals surface area (Å²) in [5.74, 6) is -0.229.